The van der Waals surface area contributed by atoms with Crippen LogP contribution in [0, 0.1) is 11.8 Å². The molecule has 2 saturated heterocycles. The number of alkyl carbamates (subject to hydrolysis) is 1. The van der Waals surface area contributed by atoms with Gasteiger partial charge in [0.1, 0.15) is 40.3 Å². The summed E-state index contributed by atoms with van der Waals surface area (Å²) in [6.45, 7) is 6.84. The molecule has 0 radical (unpaired) electrons. The van der Waals surface area contributed by atoms with E-state index in [9.17, 15) is 48.9 Å². The second kappa shape index (κ2) is 27.9. The molecule has 6 N–H and O–H groups in total. The number of allylic oxidation sites excluding steroid dienone is 3. The van der Waals surface area contributed by atoms with Crippen molar-refractivity contribution in [2.24, 2.45) is 11.8 Å². The number of likely N-dealkylation sites (N-methyl/N-ethyl adjacent to an activating group) is 1. The number of carbonyl (C=O) groups excluding carboxylic acids is 7. The summed E-state index contributed by atoms with van der Waals surface area (Å²) in [5.41, 5.74) is 4.00. The Morgan fingerprint density at radius 1 is 0.988 bits per heavy atom. The van der Waals surface area contributed by atoms with Crippen molar-refractivity contribution in [1.29, 1.82) is 0 Å². The summed E-state index contributed by atoms with van der Waals surface area (Å²) in [7, 11) is 8.08. The molecule has 0 unspecified atom stereocenters. The Morgan fingerprint density at radius 3 is 2.38 bits per heavy atom. The maximum Gasteiger partial charge on any atom is 0.409 e. The number of halogens is 1. The minimum absolute atomic E-state index is 0.0180. The minimum Gasteiger partial charge on any atom is -0.495 e. The van der Waals surface area contributed by atoms with Gasteiger partial charge in [0, 0.05) is 89.6 Å². The molecule has 0 aliphatic carbocycles. The van der Waals surface area contributed by atoms with E-state index in [1.54, 1.807) is 45.1 Å². The summed E-state index contributed by atoms with van der Waals surface area (Å²) in [5.74, 6) is -4.52. The topological polar surface area (TPSA) is 278 Å². The predicted octanol–water partition coefficient (Wildman–Crippen LogP) is 2.89. The van der Waals surface area contributed by atoms with Gasteiger partial charge >= 0.3 is 12.1 Å². The van der Waals surface area contributed by atoms with Crippen molar-refractivity contribution >= 4 is 69.8 Å². The number of methoxy groups -OCH3 is 1. The standard InChI is InChI=1S/C57H80ClN9O14/c1-35-14-13-15-36(2)57(77)31-45(79-55(76)61-57)37(3)53-56(5,81-53)46(30-49(72)64(9)43-27-39(26-35)28-44(78-10)52(43)58)80-54(75)38(4)63(8)48(71)19-20-65(22-24-68)51(74)34-66(23-25-69)50(73)32-60-47(70)18-21-67-41(33-62(7)59-6)29-40-16-11-12-17-42(40)67/h11-17,27-29,36-38,45-46,53,59,68-69,77H,18-26,30-34H2,1-10H3,(H,60,70)(H,61,76)/b15-13+,35-14+/t36-,37-,38+,45+,46+,53+,56-,57+/m1/s1. The number of aryl methyl sites for hydroxylation is 1. The molecule has 24 heteroatoms. The van der Waals surface area contributed by atoms with Crippen LogP contribution in [0.4, 0.5) is 10.5 Å². The number of aliphatic hydroxyl groups excluding tert-OH is 2. The number of rotatable bonds is 21. The third kappa shape index (κ3) is 15.7. The van der Waals surface area contributed by atoms with Crippen LogP contribution >= 0.6 is 11.6 Å². The van der Waals surface area contributed by atoms with Crippen LogP contribution in [0.5, 0.6) is 5.75 Å². The molecule has 23 nitrogen and oxygen atoms in total. The molecule has 2 fully saturated rings. The van der Waals surface area contributed by atoms with Crippen molar-refractivity contribution in [3.8, 4) is 5.75 Å². The number of nitrogens with zero attached hydrogens (tertiary/aromatic N) is 6. The summed E-state index contributed by atoms with van der Waals surface area (Å²) >= 11 is 6.83. The molecule has 3 aliphatic rings. The van der Waals surface area contributed by atoms with E-state index in [-0.39, 0.29) is 43.9 Å². The van der Waals surface area contributed by atoms with Crippen LogP contribution < -0.4 is 25.7 Å². The maximum absolute atomic E-state index is 14.4. The number of fused-ring (bicyclic) bond motifs is 6. The van der Waals surface area contributed by atoms with Crippen molar-refractivity contribution < 1.29 is 67.8 Å². The van der Waals surface area contributed by atoms with Crippen molar-refractivity contribution in [3.63, 3.8) is 0 Å². The smallest absolute Gasteiger partial charge is 0.409 e. The average Bonchev–Trinajstić information content (AvgIpc) is 4.23. The first kappa shape index (κ1) is 63.6. The van der Waals surface area contributed by atoms with Crippen LogP contribution in [0.1, 0.15) is 71.6 Å². The molecule has 444 valence electrons. The third-order valence-corrected chi connectivity index (χ3v) is 16.1. The van der Waals surface area contributed by atoms with E-state index < -0.39 is 122 Å². The molecule has 0 spiro atoms. The zero-order chi connectivity index (χ0) is 59.5. The van der Waals surface area contributed by atoms with Crippen LogP contribution in [0.2, 0.25) is 5.02 Å². The quantitative estimate of drug-likeness (QED) is 0.0508. The zero-order valence-corrected chi connectivity index (χ0v) is 48.8. The molecule has 8 atom stereocenters. The highest BCUT2D eigenvalue weighted by molar-refractivity contribution is 6.35. The lowest BCUT2D eigenvalue weighted by atomic mass is 9.82. The van der Waals surface area contributed by atoms with Crippen LogP contribution in [-0.2, 0) is 62.5 Å². The summed E-state index contributed by atoms with van der Waals surface area (Å²) in [5, 5.41) is 39.9. The van der Waals surface area contributed by atoms with Crippen LogP contribution in [0.15, 0.2) is 66.3 Å². The van der Waals surface area contributed by atoms with Gasteiger partial charge in [-0.05, 0) is 69.5 Å². The highest BCUT2D eigenvalue weighted by Crippen LogP contribution is 2.49. The largest absolute Gasteiger partial charge is 0.495 e. The van der Waals surface area contributed by atoms with Gasteiger partial charge in [-0.3, -0.25) is 34.7 Å². The lowest BCUT2D eigenvalue weighted by Gasteiger charge is -2.41. The van der Waals surface area contributed by atoms with E-state index in [0.29, 0.717) is 30.9 Å². The first-order valence-electron chi connectivity index (χ1n) is 27.2. The number of benzene rings is 2. The van der Waals surface area contributed by atoms with E-state index in [4.69, 9.17) is 30.5 Å². The predicted molar refractivity (Wildman–Crippen MR) is 301 cm³/mol. The van der Waals surface area contributed by atoms with E-state index in [2.05, 4.69) is 22.1 Å². The Balaban J connectivity index is 1.11. The van der Waals surface area contributed by atoms with Gasteiger partial charge in [-0.15, -0.1) is 0 Å². The number of aliphatic hydroxyl groups is 3. The first-order valence-corrected chi connectivity index (χ1v) is 27.6. The molecule has 0 saturated carbocycles. The second-order valence-corrected chi connectivity index (χ2v) is 21.8. The highest BCUT2D eigenvalue weighted by atomic mass is 35.5. The first-order chi connectivity index (χ1) is 38.4. The Kier molecular flexibility index (Phi) is 21.9. The third-order valence-electron chi connectivity index (χ3n) is 15.7. The number of carbonyl (C=O) groups is 7. The normalized spacial score (nSPS) is 24.4. The molecule has 6 rings (SSSR count). The van der Waals surface area contributed by atoms with Gasteiger partial charge in [-0.1, -0.05) is 67.4 Å². The van der Waals surface area contributed by atoms with Gasteiger partial charge in [-0.25, -0.2) is 14.6 Å². The Labute approximate surface area is 478 Å². The van der Waals surface area contributed by atoms with E-state index in [1.165, 1.54) is 37.9 Å². The Morgan fingerprint density at radius 2 is 1.69 bits per heavy atom. The number of hydrogen-bond acceptors (Lipinski definition) is 16. The van der Waals surface area contributed by atoms with Crippen LogP contribution in [0.25, 0.3) is 10.9 Å². The number of epoxide rings is 1. The number of anilines is 1. The van der Waals surface area contributed by atoms with Crippen LogP contribution in [-0.4, -0.2) is 198 Å². The lowest BCUT2D eigenvalue weighted by molar-refractivity contribution is -0.162. The number of esters is 1. The van der Waals surface area contributed by atoms with Gasteiger partial charge in [0.25, 0.3) is 0 Å². The number of para-hydroxylation sites is 1. The van der Waals surface area contributed by atoms with Gasteiger partial charge in [0.15, 0.2) is 0 Å². The Hall–Kier alpha value is -6.60. The van der Waals surface area contributed by atoms with Gasteiger partial charge in [-0.2, -0.15) is 0 Å². The van der Waals surface area contributed by atoms with Crippen molar-refractivity contribution in [3.05, 3.63) is 82.5 Å². The van der Waals surface area contributed by atoms with E-state index in [0.717, 1.165) is 37.5 Å². The monoisotopic (exact) mass is 1150 g/mol. The van der Waals surface area contributed by atoms with Gasteiger partial charge in [0.05, 0.1) is 58.2 Å². The van der Waals surface area contributed by atoms with Crippen molar-refractivity contribution in [2.45, 2.75) is 115 Å². The lowest BCUT2D eigenvalue weighted by Crippen LogP contribution is -2.60. The number of hydrazine groups is 1. The zero-order valence-electron chi connectivity index (χ0n) is 48.0. The second-order valence-electron chi connectivity index (χ2n) is 21.4. The number of hydrogen-bond donors (Lipinski definition) is 6. The Bertz CT molecular complexity index is 2850. The highest BCUT2D eigenvalue weighted by Gasteiger charge is 2.64. The van der Waals surface area contributed by atoms with Crippen LogP contribution in [0.3, 0.4) is 0 Å². The fourth-order valence-electron chi connectivity index (χ4n) is 10.3. The number of amides is 6. The summed E-state index contributed by atoms with van der Waals surface area (Å²) in [6, 6.07) is 12.2. The fourth-order valence-corrected chi connectivity index (χ4v) is 10.6. The molecule has 4 bridgehead atoms. The molecule has 3 aromatic rings. The summed E-state index contributed by atoms with van der Waals surface area (Å²) in [6.07, 6.45) is 1.47. The average molecular weight is 1150 g/mol. The van der Waals surface area contributed by atoms with Gasteiger partial charge < -0.3 is 63.8 Å². The molecule has 1 aromatic heterocycles. The van der Waals surface area contributed by atoms with E-state index in [1.807, 2.05) is 60.9 Å². The number of ether oxygens (including phenoxy) is 4. The van der Waals surface area contributed by atoms with E-state index >= 15 is 0 Å². The minimum atomic E-state index is -1.70. The molecular formula is C57H80ClN9O14. The van der Waals surface area contributed by atoms with Gasteiger partial charge in [0.2, 0.25) is 29.5 Å². The number of aromatic nitrogens is 1. The van der Waals surface area contributed by atoms with Crippen molar-refractivity contribution in [2.75, 3.05) is 86.1 Å². The molecule has 6 amide bonds. The molecule has 2 aromatic carbocycles. The molecule has 4 heterocycles. The SMILES string of the molecule is CNN(C)Cc1cc2ccccc2n1CCC(=O)NCC(=O)N(CCO)CC(=O)N(CCO)CCC(=O)N(C)[C@@H](C)C(=O)O[C@H]1CC(=O)N(C)c2cc(cc(OC)c2Cl)C/C(C)=C/C=C/[C@@H](C)[C@@]2(O)C[C@H](OC(=O)N2)[C@@H](C)[C@@H]2O[C@]12C. The maximum atomic E-state index is 14.4. The number of nitrogens with one attached hydrogen (secondary N) is 3. The molecule has 3 aliphatic heterocycles. The summed E-state index contributed by atoms with van der Waals surface area (Å²) in [4.78, 5) is 100. The van der Waals surface area contributed by atoms with Crippen molar-refractivity contribution in [1.82, 2.24) is 40.3 Å². The molecule has 81 heavy (non-hydrogen) atoms. The molecular weight excluding hydrogens is 1070 g/mol. The summed E-state index contributed by atoms with van der Waals surface area (Å²) < 4.78 is 25.9. The fraction of sp³-hybridized carbons (Fsp3) is 0.561.